The molecule has 1 aliphatic carbocycles. The largest absolute Gasteiger partial charge is 0.516 e. The Labute approximate surface area is 144 Å². The zero-order chi connectivity index (χ0) is 17.9. The molecule has 0 amide bonds. The van der Waals surface area contributed by atoms with E-state index in [-0.39, 0.29) is 18.2 Å². The van der Waals surface area contributed by atoms with Gasteiger partial charge in [0.25, 0.3) is 0 Å². The van der Waals surface area contributed by atoms with Crippen molar-refractivity contribution >= 4 is 15.7 Å². The Kier molecular flexibility index (Phi) is 3.45. The molecule has 2 atom stereocenters. The van der Waals surface area contributed by atoms with Gasteiger partial charge in [-0.25, -0.2) is 0 Å². The molecule has 0 aromatic heterocycles. The van der Waals surface area contributed by atoms with Crippen LogP contribution in [0.2, 0.25) is 0 Å². The second-order valence-electron chi connectivity index (χ2n) is 6.80. The fourth-order valence-corrected chi connectivity index (χ4v) is 5.04. The number of hydrogen-bond donors (Lipinski definition) is 0. The number of para-hydroxylation sites is 1. The first-order chi connectivity index (χ1) is 11.7. The van der Waals surface area contributed by atoms with Gasteiger partial charge in [0.05, 0.1) is 5.69 Å². The van der Waals surface area contributed by atoms with Gasteiger partial charge in [0.2, 0.25) is 0 Å². The summed E-state index contributed by atoms with van der Waals surface area (Å²) in [6, 6.07) is 16.0. The molecule has 2 aromatic rings. The molecule has 3 nitrogen and oxygen atoms in total. The zero-order valence-electron chi connectivity index (χ0n) is 13.2. The molecule has 0 radical (unpaired) electrons. The number of halogens is 3. The van der Waals surface area contributed by atoms with E-state index in [0.29, 0.717) is 22.7 Å². The first-order valence-corrected chi connectivity index (χ1v) is 9.40. The van der Waals surface area contributed by atoms with Crippen LogP contribution >= 0.6 is 0 Å². The van der Waals surface area contributed by atoms with Gasteiger partial charge in [0, 0.05) is 12.0 Å². The number of nitrogens with zero attached hydrogens (tertiary/aromatic N) is 1. The van der Waals surface area contributed by atoms with Crippen LogP contribution in [0.1, 0.15) is 23.5 Å². The average molecular weight is 367 g/mol. The highest BCUT2D eigenvalue weighted by Gasteiger charge is 2.63. The molecule has 0 unspecified atom stereocenters. The number of fused-ring (bicyclic) bond motifs is 3. The highest BCUT2D eigenvalue weighted by atomic mass is 32.2. The van der Waals surface area contributed by atoms with Gasteiger partial charge in [-0.3, -0.25) is 4.31 Å². The molecule has 1 fully saturated rings. The predicted molar refractivity (Wildman–Crippen MR) is 88.7 cm³/mol. The minimum Gasteiger partial charge on any atom is -0.262 e. The maximum Gasteiger partial charge on any atom is 0.516 e. The van der Waals surface area contributed by atoms with Gasteiger partial charge in [0.15, 0.2) is 0 Å². The van der Waals surface area contributed by atoms with E-state index in [4.69, 9.17) is 0 Å². The van der Waals surface area contributed by atoms with Gasteiger partial charge in [-0.05, 0) is 36.0 Å². The third kappa shape index (κ3) is 2.52. The highest BCUT2D eigenvalue weighted by molar-refractivity contribution is 7.93. The molecule has 0 N–H and O–H groups in total. The van der Waals surface area contributed by atoms with Crippen LogP contribution in [0, 0.1) is 5.41 Å². The fourth-order valence-electron chi connectivity index (χ4n) is 3.94. The summed E-state index contributed by atoms with van der Waals surface area (Å²) in [5.41, 5.74) is -3.92. The third-order valence-corrected chi connectivity index (χ3v) is 6.70. The smallest absolute Gasteiger partial charge is 0.262 e. The van der Waals surface area contributed by atoms with Crippen LogP contribution in [0.4, 0.5) is 18.9 Å². The standard InChI is InChI=1S/C18H16F3NO2S/c19-18(20,21)25(23,24)22-12-17(10-13-6-2-1-3-7-13)11-15(17)14-8-4-5-9-16(14)22/h1-9,15H,10-12H2/t15-,17+/m1/s1. The number of rotatable bonds is 3. The monoisotopic (exact) mass is 367 g/mol. The van der Waals surface area contributed by atoms with Crippen LogP contribution in [0.15, 0.2) is 54.6 Å². The highest BCUT2D eigenvalue weighted by Crippen LogP contribution is 2.66. The van der Waals surface area contributed by atoms with E-state index < -0.39 is 20.9 Å². The van der Waals surface area contributed by atoms with E-state index in [2.05, 4.69) is 0 Å². The first-order valence-electron chi connectivity index (χ1n) is 7.96. The number of benzene rings is 2. The second-order valence-corrected chi connectivity index (χ2v) is 8.65. The Bertz CT molecular complexity index is 911. The summed E-state index contributed by atoms with van der Waals surface area (Å²) in [5.74, 6) is 0.101. The lowest BCUT2D eigenvalue weighted by Crippen LogP contribution is -2.46. The molecule has 0 saturated heterocycles. The molecule has 7 heteroatoms. The molecule has 1 aliphatic heterocycles. The van der Waals surface area contributed by atoms with Crippen molar-refractivity contribution in [2.24, 2.45) is 5.41 Å². The number of anilines is 1. The van der Waals surface area contributed by atoms with Crippen molar-refractivity contribution in [3.63, 3.8) is 0 Å². The maximum absolute atomic E-state index is 13.2. The van der Waals surface area contributed by atoms with E-state index in [0.717, 1.165) is 5.56 Å². The minimum atomic E-state index is -5.42. The van der Waals surface area contributed by atoms with Gasteiger partial charge < -0.3 is 0 Å². The molecule has 4 rings (SSSR count). The van der Waals surface area contributed by atoms with Gasteiger partial charge in [-0.2, -0.15) is 21.6 Å². The van der Waals surface area contributed by atoms with Gasteiger partial charge >= 0.3 is 15.5 Å². The fraction of sp³-hybridized carbons (Fsp3) is 0.333. The summed E-state index contributed by atoms with van der Waals surface area (Å²) in [7, 11) is -5.42. The van der Waals surface area contributed by atoms with Gasteiger partial charge in [-0.1, -0.05) is 48.5 Å². The Hall–Kier alpha value is -2.02. The molecular weight excluding hydrogens is 351 g/mol. The van der Waals surface area contributed by atoms with E-state index in [1.54, 1.807) is 18.2 Å². The number of alkyl halides is 3. The van der Waals surface area contributed by atoms with Crippen molar-refractivity contribution in [1.82, 2.24) is 0 Å². The molecule has 2 aliphatic rings. The molecule has 25 heavy (non-hydrogen) atoms. The lowest BCUT2D eigenvalue weighted by molar-refractivity contribution is -0.0439. The van der Waals surface area contributed by atoms with E-state index in [1.165, 1.54) is 6.07 Å². The van der Waals surface area contributed by atoms with Crippen LogP contribution in [0.3, 0.4) is 0 Å². The predicted octanol–water partition coefficient (Wildman–Crippen LogP) is 4.07. The van der Waals surface area contributed by atoms with Crippen LogP contribution in [0.25, 0.3) is 0 Å². The molecule has 2 aromatic carbocycles. The quantitative estimate of drug-likeness (QED) is 0.820. The summed E-state index contributed by atoms with van der Waals surface area (Å²) in [4.78, 5) is 0. The maximum atomic E-state index is 13.2. The molecular formula is C18H16F3NO2S. The Morgan fingerprint density at radius 1 is 1.04 bits per heavy atom. The average Bonchev–Trinajstić information content (AvgIpc) is 3.28. The molecule has 1 heterocycles. The molecule has 1 saturated carbocycles. The summed E-state index contributed by atoms with van der Waals surface area (Å²) >= 11 is 0. The Balaban J connectivity index is 1.77. The molecule has 0 spiro atoms. The second kappa shape index (κ2) is 5.24. The van der Waals surface area contributed by atoms with Crippen LogP contribution < -0.4 is 4.31 Å². The lowest BCUT2D eigenvalue weighted by Gasteiger charge is -2.35. The first kappa shape index (κ1) is 16.4. The SMILES string of the molecule is O=S(=O)(N1C[C@]2(Cc3ccccc3)C[C@@H]2c2ccccc21)C(F)(F)F. The number of sulfonamides is 1. The van der Waals surface area contributed by atoms with Gasteiger partial charge in [0.1, 0.15) is 0 Å². The minimum absolute atomic E-state index is 0.101. The van der Waals surface area contributed by atoms with Crippen LogP contribution in [0.5, 0.6) is 0 Å². The van der Waals surface area contributed by atoms with Crippen molar-refractivity contribution in [3.8, 4) is 0 Å². The Morgan fingerprint density at radius 2 is 1.68 bits per heavy atom. The van der Waals surface area contributed by atoms with Crippen LogP contribution in [-0.4, -0.2) is 20.5 Å². The topological polar surface area (TPSA) is 37.4 Å². The van der Waals surface area contributed by atoms with Gasteiger partial charge in [-0.15, -0.1) is 0 Å². The van der Waals surface area contributed by atoms with Crippen LogP contribution in [-0.2, 0) is 16.4 Å². The normalized spacial score (nSPS) is 25.2. The summed E-state index contributed by atoms with van der Waals surface area (Å²) < 4.78 is 64.3. The van der Waals surface area contributed by atoms with Crippen molar-refractivity contribution in [1.29, 1.82) is 0 Å². The number of hydrogen-bond acceptors (Lipinski definition) is 2. The molecule has 0 bridgehead atoms. The summed E-state index contributed by atoms with van der Waals surface area (Å²) in [6.07, 6.45) is 1.26. The Morgan fingerprint density at radius 3 is 2.36 bits per heavy atom. The van der Waals surface area contributed by atoms with Crippen molar-refractivity contribution in [3.05, 3.63) is 65.7 Å². The summed E-state index contributed by atoms with van der Waals surface area (Å²) in [6.45, 7) is -0.134. The van der Waals surface area contributed by atoms with Crippen molar-refractivity contribution < 1.29 is 21.6 Å². The van der Waals surface area contributed by atoms with Crippen molar-refractivity contribution in [2.45, 2.75) is 24.3 Å². The van der Waals surface area contributed by atoms with E-state index >= 15 is 0 Å². The lowest BCUT2D eigenvalue weighted by atomic mass is 9.88. The molecule has 132 valence electrons. The van der Waals surface area contributed by atoms with E-state index in [9.17, 15) is 21.6 Å². The summed E-state index contributed by atoms with van der Waals surface area (Å²) in [5, 5.41) is 0. The third-order valence-electron chi connectivity index (χ3n) is 5.21. The van der Waals surface area contributed by atoms with E-state index in [1.807, 2.05) is 30.3 Å². The van der Waals surface area contributed by atoms with Crippen molar-refractivity contribution in [2.75, 3.05) is 10.8 Å². The zero-order valence-corrected chi connectivity index (χ0v) is 14.0.